The molecule has 3 heteroatoms. The van der Waals surface area contributed by atoms with Crippen molar-refractivity contribution < 1.29 is 5.11 Å². The molecule has 2 aromatic carbocycles. The number of thiophene rings is 1. The number of benzene rings is 2. The van der Waals surface area contributed by atoms with Crippen LogP contribution in [-0.2, 0) is 0 Å². The number of fused-ring (bicyclic) bond motifs is 3. The predicted molar refractivity (Wildman–Crippen MR) is 68.7 cm³/mol. The van der Waals surface area contributed by atoms with Crippen molar-refractivity contribution in [2.75, 3.05) is 0 Å². The molecule has 1 nitrogen and oxygen atoms in total. The molecule has 0 unspecified atom stereocenters. The number of aromatic hydroxyl groups is 1. The minimum absolute atomic E-state index is 0.300. The zero-order valence-corrected chi connectivity index (χ0v) is 10.1. The van der Waals surface area contributed by atoms with E-state index in [1.165, 1.54) is 15.5 Å². The quantitative estimate of drug-likeness (QED) is 0.641. The Morgan fingerprint density at radius 3 is 2.67 bits per heavy atom. The predicted octanol–water partition coefficient (Wildman–Crippen LogP) is 4.52. The first-order valence-electron chi connectivity index (χ1n) is 4.56. The highest BCUT2D eigenvalue weighted by Gasteiger charge is 2.09. The molecular weight excluding hydrogens is 272 g/mol. The van der Waals surface area contributed by atoms with Gasteiger partial charge in [0, 0.05) is 15.5 Å². The molecule has 3 aromatic rings. The summed E-state index contributed by atoms with van der Waals surface area (Å²) in [6.45, 7) is 0. The van der Waals surface area contributed by atoms with Gasteiger partial charge in [-0.2, -0.15) is 0 Å². The molecule has 0 spiro atoms. The van der Waals surface area contributed by atoms with Gasteiger partial charge >= 0.3 is 0 Å². The monoisotopic (exact) mass is 278 g/mol. The van der Waals surface area contributed by atoms with E-state index in [1.54, 1.807) is 17.4 Å². The van der Waals surface area contributed by atoms with E-state index in [0.717, 1.165) is 9.17 Å². The Labute approximate surface area is 99.1 Å². The second kappa shape index (κ2) is 3.22. The largest absolute Gasteiger partial charge is 0.507 e. The number of hydrogen-bond acceptors (Lipinski definition) is 2. The number of rotatable bonds is 0. The fourth-order valence-corrected chi connectivity index (χ4v) is 3.47. The van der Waals surface area contributed by atoms with Crippen molar-refractivity contribution in [1.82, 2.24) is 0 Å². The van der Waals surface area contributed by atoms with Gasteiger partial charge in [0.05, 0.1) is 9.17 Å². The topological polar surface area (TPSA) is 20.2 Å². The molecule has 1 heterocycles. The molecule has 0 saturated carbocycles. The average molecular weight is 279 g/mol. The van der Waals surface area contributed by atoms with Crippen LogP contribution in [0.15, 0.2) is 40.9 Å². The second-order valence-electron chi connectivity index (χ2n) is 3.37. The second-order valence-corrected chi connectivity index (χ2v) is 5.22. The Hall–Kier alpha value is -1.06. The van der Waals surface area contributed by atoms with Gasteiger partial charge in [-0.15, -0.1) is 11.3 Å². The van der Waals surface area contributed by atoms with Crippen LogP contribution in [0.1, 0.15) is 0 Å². The lowest BCUT2D eigenvalue weighted by molar-refractivity contribution is 0.473. The summed E-state index contributed by atoms with van der Waals surface area (Å²) in [5.74, 6) is 0.300. The van der Waals surface area contributed by atoms with Gasteiger partial charge < -0.3 is 5.11 Å². The van der Waals surface area contributed by atoms with Crippen LogP contribution in [0.3, 0.4) is 0 Å². The van der Waals surface area contributed by atoms with E-state index in [0.29, 0.717) is 5.75 Å². The average Bonchev–Trinajstić information content (AvgIpc) is 2.63. The standard InChI is InChI=1S/C12H7BrOS/c13-11-9(14)6-5-8-7-3-1-2-4-10(7)15-12(8)11/h1-6,14H. The first-order valence-corrected chi connectivity index (χ1v) is 6.17. The first-order chi connectivity index (χ1) is 7.27. The third kappa shape index (κ3) is 1.27. The molecule has 0 aliphatic rings. The Balaban J connectivity index is 2.60. The van der Waals surface area contributed by atoms with Crippen molar-refractivity contribution in [2.24, 2.45) is 0 Å². The van der Waals surface area contributed by atoms with Crippen LogP contribution in [-0.4, -0.2) is 5.11 Å². The van der Waals surface area contributed by atoms with Gasteiger partial charge in [0.25, 0.3) is 0 Å². The number of phenolic OH excluding ortho intramolecular Hbond substituents is 1. The highest BCUT2D eigenvalue weighted by molar-refractivity contribution is 9.10. The molecule has 0 amide bonds. The minimum Gasteiger partial charge on any atom is -0.507 e. The first kappa shape index (κ1) is 9.19. The summed E-state index contributed by atoms with van der Waals surface area (Å²) < 4.78 is 3.15. The molecule has 0 atom stereocenters. The van der Waals surface area contributed by atoms with Crippen molar-refractivity contribution in [3.8, 4) is 5.75 Å². The van der Waals surface area contributed by atoms with Crippen LogP contribution in [0.2, 0.25) is 0 Å². The maximum atomic E-state index is 9.60. The van der Waals surface area contributed by atoms with Crippen LogP contribution in [0.5, 0.6) is 5.75 Å². The lowest BCUT2D eigenvalue weighted by Gasteiger charge is -1.97. The highest BCUT2D eigenvalue weighted by atomic mass is 79.9. The van der Waals surface area contributed by atoms with Gasteiger partial charge in [0.2, 0.25) is 0 Å². The van der Waals surface area contributed by atoms with Crippen LogP contribution < -0.4 is 0 Å². The lowest BCUT2D eigenvalue weighted by Crippen LogP contribution is -1.69. The lowest BCUT2D eigenvalue weighted by atomic mass is 10.1. The summed E-state index contributed by atoms with van der Waals surface area (Å²) in [5.41, 5.74) is 0. The Morgan fingerprint density at radius 2 is 1.80 bits per heavy atom. The van der Waals surface area contributed by atoms with Crippen LogP contribution in [0, 0.1) is 0 Å². The van der Waals surface area contributed by atoms with Crippen LogP contribution >= 0.6 is 27.3 Å². The highest BCUT2D eigenvalue weighted by Crippen LogP contribution is 2.41. The van der Waals surface area contributed by atoms with Crippen molar-refractivity contribution >= 4 is 47.4 Å². The molecule has 0 fully saturated rings. The molecule has 1 aromatic heterocycles. The molecule has 3 rings (SSSR count). The number of halogens is 1. The molecule has 0 aliphatic heterocycles. The van der Waals surface area contributed by atoms with E-state index in [9.17, 15) is 5.11 Å². The van der Waals surface area contributed by atoms with Gasteiger partial charge in [-0.1, -0.05) is 18.2 Å². The van der Waals surface area contributed by atoms with E-state index >= 15 is 0 Å². The summed E-state index contributed by atoms with van der Waals surface area (Å²) in [6, 6.07) is 12.0. The molecule has 74 valence electrons. The van der Waals surface area contributed by atoms with Gasteiger partial charge in [-0.05, 0) is 34.1 Å². The van der Waals surface area contributed by atoms with Gasteiger partial charge in [0.15, 0.2) is 0 Å². The number of phenols is 1. The normalized spacial score (nSPS) is 11.3. The van der Waals surface area contributed by atoms with Crippen molar-refractivity contribution in [3.05, 3.63) is 40.9 Å². The maximum absolute atomic E-state index is 9.60. The summed E-state index contributed by atoms with van der Waals surface area (Å²) >= 11 is 5.11. The van der Waals surface area contributed by atoms with Gasteiger partial charge in [0.1, 0.15) is 5.75 Å². The zero-order valence-electron chi connectivity index (χ0n) is 7.70. The fourth-order valence-electron chi connectivity index (χ4n) is 1.75. The SMILES string of the molecule is Oc1ccc2c(sc3ccccc32)c1Br. The summed E-state index contributed by atoms with van der Waals surface area (Å²) in [6.07, 6.45) is 0. The maximum Gasteiger partial charge on any atom is 0.131 e. The van der Waals surface area contributed by atoms with Crippen molar-refractivity contribution in [2.45, 2.75) is 0 Å². The van der Waals surface area contributed by atoms with E-state index in [4.69, 9.17) is 0 Å². The molecular formula is C12H7BrOS. The molecule has 1 N–H and O–H groups in total. The van der Waals surface area contributed by atoms with Crippen molar-refractivity contribution in [3.63, 3.8) is 0 Å². The third-order valence-corrected chi connectivity index (χ3v) is 4.74. The summed E-state index contributed by atoms with van der Waals surface area (Å²) in [5, 5.41) is 12.0. The zero-order chi connectivity index (χ0) is 10.4. The van der Waals surface area contributed by atoms with E-state index in [1.807, 2.05) is 18.2 Å². The van der Waals surface area contributed by atoms with Crippen molar-refractivity contribution in [1.29, 1.82) is 0 Å². The Kier molecular flexibility index (Phi) is 1.97. The number of hydrogen-bond donors (Lipinski definition) is 1. The van der Waals surface area contributed by atoms with E-state index < -0.39 is 0 Å². The minimum atomic E-state index is 0.300. The van der Waals surface area contributed by atoms with Gasteiger partial charge in [-0.3, -0.25) is 0 Å². The Bertz CT molecular complexity index is 657. The summed E-state index contributed by atoms with van der Waals surface area (Å²) in [7, 11) is 0. The molecule has 15 heavy (non-hydrogen) atoms. The fraction of sp³-hybridized carbons (Fsp3) is 0. The molecule has 0 aliphatic carbocycles. The van der Waals surface area contributed by atoms with Gasteiger partial charge in [-0.25, -0.2) is 0 Å². The molecule has 0 saturated heterocycles. The van der Waals surface area contributed by atoms with Crippen LogP contribution in [0.25, 0.3) is 20.2 Å². The third-order valence-electron chi connectivity index (χ3n) is 2.47. The Morgan fingerprint density at radius 1 is 1.00 bits per heavy atom. The van der Waals surface area contributed by atoms with E-state index in [-0.39, 0.29) is 0 Å². The smallest absolute Gasteiger partial charge is 0.131 e. The summed E-state index contributed by atoms with van der Waals surface area (Å²) in [4.78, 5) is 0. The molecule has 0 bridgehead atoms. The van der Waals surface area contributed by atoms with Crippen LogP contribution in [0.4, 0.5) is 0 Å². The molecule has 0 radical (unpaired) electrons. The van der Waals surface area contributed by atoms with E-state index in [2.05, 4.69) is 28.1 Å².